The van der Waals surface area contributed by atoms with Crippen molar-refractivity contribution in [3.8, 4) is 0 Å². The first-order valence-electron chi connectivity index (χ1n) is 5.09. The Morgan fingerprint density at radius 1 is 1.15 bits per heavy atom. The zero-order valence-electron chi connectivity index (χ0n) is 7.83. The third-order valence-electron chi connectivity index (χ3n) is 3.10. The number of sulfone groups is 1. The molecule has 1 N–H and O–H groups in total. The van der Waals surface area contributed by atoms with Crippen LogP contribution in [0.1, 0.15) is 25.7 Å². The summed E-state index contributed by atoms with van der Waals surface area (Å²) < 4.78 is 23.2. The molecule has 2 aliphatic rings. The molecule has 0 aromatic carbocycles. The third-order valence-corrected chi connectivity index (χ3v) is 4.98. The predicted octanol–water partition coefficient (Wildman–Crippen LogP) is 0.563. The summed E-state index contributed by atoms with van der Waals surface area (Å²) in [6, 6.07) is 0.255. The number of nitrogens with one attached hydrogen (secondary N) is 1. The smallest absolute Gasteiger partial charge is 0.152 e. The molecule has 0 radical (unpaired) electrons. The maximum absolute atomic E-state index is 11.6. The van der Waals surface area contributed by atoms with Gasteiger partial charge >= 0.3 is 0 Å². The minimum Gasteiger partial charge on any atom is -0.313 e. The van der Waals surface area contributed by atoms with Crippen molar-refractivity contribution >= 4 is 9.84 Å². The van der Waals surface area contributed by atoms with Crippen LogP contribution in [-0.4, -0.2) is 32.5 Å². The minimum absolute atomic E-state index is 0.255. The molecule has 1 atom stereocenters. The second kappa shape index (κ2) is 3.58. The summed E-state index contributed by atoms with van der Waals surface area (Å²) in [5.74, 6) is 1.28. The van der Waals surface area contributed by atoms with Gasteiger partial charge in [0, 0.05) is 6.04 Å². The number of rotatable bonds is 4. The summed E-state index contributed by atoms with van der Waals surface area (Å²) >= 11 is 0. The summed E-state index contributed by atoms with van der Waals surface area (Å²) in [7, 11) is -2.76. The molecule has 1 heterocycles. The average molecular weight is 203 g/mol. The fourth-order valence-electron chi connectivity index (χ4n) is 1.88. The maximum Gasteiger partial charge on any atom is 0.152 e. The molecular formula is C9H17NO2S. The lowest BCUT2D eigenvalue weighted by Gasteiger charge is -2.29. The van der Waals surface area contributed by atoms with Crippen LogP contribution in [0, 0.1) is 5.92 Å². The highest BCUT2D eigenvalue weighted by molar-refractivity contribution is 7.91. The third kappa shape index (κ3) is 2.44. The molecule has 2 rings (SSSR count). The lowest BCUT2D eigenvalue weighted by atomic mass is 9.87. The zero-order valence-corrected chi connectivity index (χ0v) is 8.65. The van der Waals surface area contributed by atoms with E-state index in [0.717, 1.165) is 25.8 Å². The van der Waals surface area contributed by atoms with Crippen molar-refractivity contribution in [3.05, 3.63) is 0 Å². The summed E-state index contributed by atoms with van der Waals surface area (Å²) in [6.07, 6.45) is 4.50. The van der Waals surface area contributed by atoms with Gasteiger partial charge in [0.2, 0.25) is 0 Å². The highest BCUT2D eigenvalue weighted by atomic mass is 32.2. The van der Waals surface area contributed by atoms with Crippen LogP contribution in [0.2, 0.25) is 0 Å². The van der Waals surface area contributed by atoms with Crippen LogP contribution in [0.15, 0.2) is 0 Å². The topological polar surface area (TPSA) is 46.2 Å². The van der Waals surface area contributed by atoms with E-state index in [-0.39, 0.29) is 6.04 Å². The molecule has 4 heteroatoms. The highest BCUT2D eigenvalue weighted by Crippen LogP contribution is 2.28. The first-order valence-corrected chi connectivity index (χ1v) is 6.92. The Bertz CT molecular complexity index is 243. The molecule has 1 saturated carbocycles. The van der Waals surface area contributed by atoms with Gasteiger partial charge in [-0.2, -0.15) is 0 Å². The van der Waals surface area contributed by atoms with Crippen molar-refractivity contribution in [2.45, 2.75) is 31.7 Å². The largest absolute Gasteiger partial charge is 0.313 e. The van der Waals surface area contributed by atoms with Crippen molar-refractivity contribution in [3.63, 3.8) is 0 Å². The molecule has 0 spiro atoms. The minimum atomic E-state index is -2.76. The molecule has 2 fully saturated rings. The summed E-state index contributed by atoms with van der Waals surface area (Å²) in [5, 5.41) is 3.13. The molecular weight excluding hydrogens is 186 g/mol. The molecule has 3 nitrogen and oxygen atoms in total. The van der Waals surface area contributed by atoms with Crippen LogP contribution in [0.25, 0.3) is 0 Å². The highest BCUT2D eigenvalue weighted by Gasteiger charge is 2.28. The van der Waals surface area contributed by atoms with Crippen molar-refractivity contribution in [2.24, 2.45) is 5.92 Å². The van der Waals surface area contributed by atoms with Gasteiger partial charge in [-0.05, 0) is 31.7 Å². The maximum atomic E-state index is 11.6. The van der Waals surface area contributed by atoms with Gasteiger partial charge in [-0.25, -0.2) is 8.42 Å². The van der Waals surface area contributed by atoms with Gasteiger partial charge in [-0.3, -0.25) is 0 Å². The van der Waals surface area contributed by atoms with Crippen LogP contribution in [0.3, 0.4) is 0 Å². The van der Waals surface area contributed by atoms with E-state index in [1.807, 2.05) is 0 Å². The number of hydrogen-bond donors (Lipinski definition) is 1. The van der Waals surface area contributed by atoms with E-state index in [1.165, 1.54) is 6.42 Å². The van der Waals surface area contributed by atoms with E-state index in [9.17, 15) is 8.42 Å². The Balaban J connectivity index is 1.79. The molecule has 13 heavy (non-hydrogen) atoms. The Morgan fingerprint density at radius 2 is 1.85 bits per heavy atom. The van der Waals surface area contributed by atoms with Crippen LogP contribution in [0.5, 0.6) is 0 Å². The van der Waals surface area contributed by atoms with E-state index >= 15 is 0 Å². The van der Waals surface area contributed by atoms with E-state index in [0.29, 0.717) is 17.4 Å². The first-order chi connectivity index (χ1) is 6.16. The molecule has 1 unspecified atom stereocenters. The van der Waals surface area contributed by atoms with Gasteiger partial charge in [-0.1, -0.05) is 6.42 Å². The molecule has 1 aliphatic heterocycles. The lowest BCUT2D eigenvalue weighted by Crippen LogP contribution is -2.48. The monoisotopic (exact) mass is 203 g/mol. The quantitative estimate of drug-likeness (QED) is 0.726. The predicted molar refractivity (Wildman–Crippen MR) is 52.4 cm³/mol. The normalized spacial score (nSPS) is 29.4. The first kappa shape index (κ1) is 9.46. The van der Waals surface area contributed by atoms with Gasteiger partial charge < -0.3 is 5.32 Å². The van der Waals surface area contributed by atoms with E-state index in [2.05, 4.69) is 5.32 Å². The molecule has 0 aromatic rings. The fourth-order valence-corrected chi connectivity index (χ4v) is 3.97. The molecule has 0 bridgehead atoms. The van der Waals surface area contributed by atoms with Crippen LogP contribution < -0.4 is 5.32 Å². The number of hydrogen-bond acceptors (Lipinski definition) is 3. The summed E-state index contributed by atoms with van der Waals surface area (Å²) in [6.45, 7) is 0.990. The standard InChI is InChI=1S/C9H17NO2S/c11-13(12,6-8-2-1-3-8)7-9-4-5-10-9/h8-10H,1-7H2. The second-order valence-electron chi connectivity index (χ2n) is 4.31. The Morgan fingerprint density at radius 3 is 2.23 bits per heavy atom. The molecule has 76 valence electrons. The zero-order chi connectivity index (χ0) is 9.31. The van der Waals surface area contributed by atoms with Gasteiger partial charge in [0.25, 0.3) is 0 Å². The Hall–Kier alpha value is -0.0900. The van der Waals surface area contributed by atoms with Gasteiger partial charge in [0.05, 0.1) is 11.5 Å². The Kier molecular flexibility index (Phi) is 2.60. The van der Waals surface area contributed by atoms with Crippen LogP contribution >= 0.6 is 0 Å². The molecule has 1 aliphatic carbocycles. The summed E-state index contributed by atoms with van der Waals surface area (Å²) in [4.78, 5) is 0. The average Bonchev–Trinajstić information content (AvgIpc) is 1.90. The van der Waals surface area contributed by atoms with E-state index in [4.69, 9.17) is 0 Å². The van der Waals surface area contributed by atoms with E-state index < -0.39 is 9.84 Å². The van der Waals surface area contributed by atoms with Crippen molar-refractivity contribution in [1.82, 2.24) is 5.32 Å². The molecule has 0 amide bonds. The lowest BCUT2D eigenvalue weighted by molar-refractivity contribution is 0.344. The SMILES string of the molecule is O=S(=O)(CC1CCC1)CC1CCN1. The van der Waals surface area contributed by atoms with E-state index in [1.54, 1.807) is 0 Å². The van der Waals surface area contributed by atoms with Crippen molar-refractivity contribution < 1.29 is 8.42 Å². The van der Waals surface area contributed by atoms with Crippen LogP contribution in [-0.2, 0) is 9.84 Å². The Labute approximate surface area is 79.8 Å². The van der Waals surface area contributed by atoms with Crippen LogP contribution in [0.4, 0.5) is 0 Å². The fraction of sp³-hybridized carbons (Fsp3) is 1.00. The van der Waals surface area contributed by atoms with Gasteiger partial charge in [-0.15, -0.1) is 0 Å². The summed E-state index contributed by atoms with van der Waals surface area (Å²) in [5.41, 5.74) is 0. The second-order valence-corrected chi connectivity index (χ2v) is 6.47. The molecule has 0 aromatic heterocycles. The van der Waals surface area contributed by atoms with Gasteiger partial charge in [0.15, 0.2) is 9.84 Å². The van der Waals surface area contributed by atoms with Crippen molar-refractivity contribution in [1.29, 1.82) is 0 Å². The molecule has 1 saturated heterocycles. The van der Waals surface area contributed by atoms with Gasteiger partial charge in [0.1, 0.15) is 0 Å². The van der Waals surface area contributed by atoms with Crippen molar-refractivity contribution in [2.75, 3.05) is 18.1 Å².